The molecule has 1 heterocycles. The van der Waals surface area contributed by atoms with Gasteiger partial charge < -0.3 is 9.88 Å². The minimum absolute atomic E-state index is 0.0470. The lowest BCUT2D eigenvalue weighted by atomic mass is 10.1. The van der Waals surface area contributed by atoms with E-state index in [9.17, 15) is 4.79 Å². The van der Waals surface area contributed by atoms with Crippen LogP contribution in [0.15, 0.2) is 42.5 Å². The monoisotopic (exact) mass is 306 g/mol. The van der Waals surface area contributed by atoms with Gasteiger partial charge in [0.25, 0.3) is 5.91 Å². The topological polar surface area (TPSA) is 34.0 Å². The van der Waals surface area contributed by atoms with Gasteiger partial charge in [0.2, 0.25) is 0 Å². The molecule has 118 valence electrons. The summed E-state index contributed by atoms with van der Waals surface area (Å²) in [6, 6.07) is 14.2. The summed E-state index contributed by atoms with van der Waals surface area (Å²) in [5.74, 6) is -0.0470. The molecule has 3 heteroatoms. The summed E-state index contributed by atoms with van der Waals surface area (Å²) in [5, 5.41) is 4.22. The summed E-state index contributed by atoms with van der Waals surface area (Å²) in [7, 11) is 0. The molecule has 1 aromatic heterocycles. The van der Waals surface area contributed by atoms with Gasteiger partial charge in [-0.25, -0.2) is 0 Å². The van der Waals surface area contributed by atoms with Gasteiger partial charge in [0.15, 0.2) is 0 Å². The van der Waals surface area contributed by atoms with Crippen LogP contribution in [0.2, 0.25) is 0 Å². The van der Waals surface area contributed by atoms with Gasteiger partial charge in [-0.3, -0.25) is 4.79 Å². The molecule has 0 spiro atoms. The van der Waals surface area contributed by atoms with E-state index >= 15 is 0 Å². The molecule has 1 amide bonds. The Morgan fingerprint density at radius 1 is 1.00 bits per heavy atom. The number of amides is 1. The van der Waals surface area contributed by atoms with Gasteiger partial charge >= 0.3 is 0 Å². The van der Waals surface area contributed by atoms with Crippen molar-refractivity contribution in [2.45, 2.75) is 34.2 Å². The highest BCUT2D eigenvalue weighted by molar-refractivity contribution is 6.08. The Balaban J connectivity index is 2.08. The third-order valence-corrected chi connectivity index (χ3v) is 4.61. The minimum Gasteiger partial charge on any atom is -0.337 e. The standard InChI is InChI=1S/C20H22N2O/c1-5-22-18-12-7-6-10-16(18)15(4)19(22)20(23)21-17-11-8-9-13(2)14(17)3/h6-12H,5H2,1-4H3,(H,21,23). The van der Waals surface area contributed by atoms with Crippen LogP contribution in [-0.2, 0) is 6.54 Å². The first kappa shape index (κ1) is 15.3. The summed E-state index contributed by atoms with van der Waals surface area (Å²) in [6.07, 6.45) is 0. The third kappa shape index (κ3) is 2.52. The highest BCUT2D eigenvalue weighted by atomic mass is 16.2. The number of carbonyl (C=O) groups is 1. The van der Waals surface area contributed by atoms with Crippen molar-refractivity contribution in [2.24, 2.45) is 0 Å². The van der Waals surface area contributed by atoms with Crippen LogP contribution in [-0.4, -0.2) is 10.5 Å². The third-order valence-electron chi connectivity index (χ3n) is 4.61. The Labute approximate surface area is 136 Å². The number of carbonyl (C=O) groups excluding carboxylic acids is 1. The molecule has 0 aliphatic carbocycles. The number of benzene rings is 2. The van der Waals surface area contributed by atoms with Crippen LogP contribution in [0.4, 0.5) is 5.69 Å². The van der Waals surface area contributed by atoms with E-state index in [-0.39, 0.29) is 5.91 Å². The molecule has 3 rings (SSSR count). The number of aromatic nitrogens is 1. The Morgan fingerprint density at radius 2 is 1.74 bits per heavy atom. The van der Waals surface area contributed by atoms with Gasteiger partial charge in [0, 0.05) is 23.1 Å². The number of anilines is 1. The number of hydrogen-bond acceptors (Lipinski definition) is 1. The molecular formula is C20H22N2O. The number of rotatable bonds is 3. The summed E-state index contributed by atoms with van der Waals surface area (Å²) < 4.78 is 2.09. The van der Waals surface area contributed by atoms with Gasteiger partial charge in [-0.15, -0.1) is 0 Å². The average molecular weight is 306 g/mol. The first-order chi connectivity index (χ1) is 11.0. The van der Waals surface area contributed by atoms with Gasteiger partial charge in [-0.05, 0) is 56.5 Å². The lowest BCUT2D eigenvalue weighted by Crippen LogP contribution is -2.18. The Morgan fingerprint density at radius 3 is 2.48 bits per heavy atom. The summed E-state index contributed by atoms with van der Waals surface area (Å²) in [4.78, 5) is 12.9. The van der Waals surface area contributed by atoms with Crippen molar-refractivity contribution in [1.82, 2.24) is 4.57 Å². The number of fused-ring (bicyclic) bond motifs is 1. The zero-order chi connectivity index (χ0) is 16.6. The molecule has 23 heavy (non-hydrogen) atoms. The highest BCUT2D eigenvalue weighted by Gasteiger charge is 2.19. The molecule has 3 aromatic rings. The molecule has 0 fully saturated rings. The summed E-state index contributed by atoms with van der Waals surface area (Å²) >= 11 is 0. The molecule has 0 atom stereocenters. The predicted molar refractivity (Wildman–Crippen MR) is 96.2 cm³/mol. The minimum atomic E-state index is -0.0470. The lowest BCUT2D eigenvalue weighted by molar-refractivity contribution is 0.101. The van der Waals surface area contributed by atoms with E-state index in [1.54, 1.807) is 0 Å². The van der Waals surface area contributed by atoms with E-state index in [1.807, 2.05) is 38.1 Å². The van der Waals surface area contributed by atoms with Crippen molar-refractivity contribution in [1.29, 1.82) is 0 Å². The van der Waals surface area contributed by atoms with Gasteiger partial charge in [-0.1, -0.05) is 30.3 Å². The fourth-order valence-corrected chi connectivity index (χ4v) is 3.17. The Hall–Kier alpha value is -2.55. The first-order valence-electron chi connectivity index (χ1n) is 8.00. The maximum absolute atomic E-state index is 12.9. The maximum atomic E-state index is 12.9. The molecule has 1 N–H and O–H groups in total. The van der Waals surface area contributed by atoms with Crippen molar-refractivity contribution in [3.8, 4) is 0 Å². The van der Waals surface area contributed by atoms with Crippen molar-refractivity contribution < 1.29 is 4.79 Å². The Kier molecular flexibility index (Phi) is 3.95. The fraction of sp³-hybridized carbons (Fsp3) is 0.250. The summed E-state index contributed by atoms with van der Waals surface area (Å²) in [6.45, 7) is 8.95. The molecule has 0 bridgehead atoms. The highest BCUT2D eigenvalue weighted by Crippen LogP contribution is 2.27. The van der Waals surface area contributed by atoms with E-state index in [2.05, 4.69) is 41.9 Å². The van der Waals surface area contributed by atoms with Gasteiger partial charge in [0.05, 0.1) is 0 Å². The second kappa shape index (κ2) is 5.92. The Bertz CT molecular complexity index is 890. The maximum Gasteiger partial charge on any atom is 0.272 e. The molecule has 0 aliphatic heterocycles. The van der Waals surface area contributed by atoms with E-state index in [0.29, 0.717) is 0 Å². The largest absolute Gasteiger partial charge is 0.337 e. The number of aryl methyl sites for hydroxylation is 3. The number of nitrogens with one attached hydrogen (secondary N) is 1. The molecule has 0 unspecified atom stereocenters. The SMILES string of the molecule is CCn1c(C(=O)Nc2cccc(C)c2C)c(C)c2ccccc21. The van der Waals surface area contributed by atoms with E-state index in [1.165, 1.54) is 5.56 Å². The number of hydrogen-bond donors (Lipinski definition) is 1. The van der Waals surface area contributed by atoms with E-state index in [4.69, 9.17) is 0 Å². The molecule has 0 aliphatic rings. The van der Waals surface area contributed by atoms with Crippen LogP contribution < -0.4 is 5.32 Å². The molecule has 2 aromatic carbocycles. The zero-order valence-electron chi connectivity index (χ0n) is 14.1. The van der Waals surface area contributed by atoms with Gasteiger partial charge in [-0.2, -0.15) is 0 Å². The fourth-order valence-electron chi connectivity index (χ4n) is 3.17. The van der Waals surface area contributed by atoms with Crippen LogP contribution in [0.3, 0.4) is 0 Å². The first-order valence-corrected chi connectivity index (χ1v) is 8.00. The second-order valence-electron chi connectivity index (χ2n) is 5.94. The van der Waals surface area contributed by atoms with Crippen molar-refractivity contribution >= 4 is 22.5 Å². The second-order valence-corrected chi connectivity index (χ2v) is 5.94. The van der Waals surface area contributed by atoms with Crippen LogP contribution in [0, 0.1) is 20.8 Å². The number of para-hydroxylation sites is 1. The van der Waals surface area contributed by atoms with Crippen molar-refractivity contribution in [3.63, 3.8) is 0 Å². The molecule has 0 saturated carbocycles. The quantitative estimate of drug-likeness (QED) is 0.738. The molecule has 3 nitrogen and oxygen atoms in total. The molecule has 0 radical (unpaired) electrons. The van der Waals surface area contributed by atoms with Crippen LogP contribution in [0.1, 0.15) is 34.1 Å². The summed E-state index contributed by atoms with van der Waals surface area (Å²) in [5.41, 5.74) is 6.05. The smallest absolute Gasteiger partial charge is 0.272 e. The zero-order valence-corrected chi connectivity index (χ0v) is 14.1. The number of nitrogens with zero attached hydrogens (tertiary/aromatic N) is 1. The normalized spacial score (nSPS) is 11.0. The van der Waals surface area contributed by atoms with Gasteiger partial charge in [0.1, 0.15) is 5.69 Å². The van der Waals surface area contributed by atoms with Crippen LogP contribution in [0.25, 0.3) is 10.9 Å². The molecular weight excluding hydrogens is 284 g/mol. The average Bonchev–Trinajstić information content (AvgIpc) is 2.84. The van der Waals surface area contributed by atoms with E-state index in [0.717, 1.165) is 40.0 Å². The van der Waals surface area contributed by atoms with Crippen molar-refractivity contribution in [2.75, 3.05) is 5.32 Å². The van der Waals surface area contributed by atoms with Crippen LogP contribution in [0.5, 0.6) is 0 Å². The molecule has 0 saturated heterocycles. The predicted octanol–water partition coefficient (Wildman–Crippen LogP) is 4.84. The van der Waals surface area contributed by atoms with Crippen LogP contribution >= 0.6 is 0 Å². The van der Waals surface area contributed by atoms with E-state index < -0.39 is 0 Å². The van der Waals surface area contributed by atoms with Crippen molar-refractivity contribution in [3.05, 3.63) is 64.8 Å². The lowest BCUT2D eigenvalue weighted by Gasteiger charge is -2.13.